The van der Waals surface area contributed by atoms with Gasteiger partial charge in [0.2, 0.25) is 0 Å². The molecule has 0 spiro atoms. The molecule has 0 N–H and O–H groups in total. The van der Waals surface area contributed by atoms with E-state index in [4.69, 9.17) is 0 Å². The summed E-state index contributed by atoms with van der Waals surface area (Å²) in [4.78, 5) is 0. The van der Waals surface area contributed by atoms with E-state index < -0.39 is 0 Å². The average Bonchev–Trinajstić information content (AvgIpc) is 2.78. The molecule has 80 valence electrons. The molecule has 0 unspecified atom stereocenters. The lowest BCUT2D eigenvalue weighted by Gasteiger charge is -2.46. The first-order valence-electron chi connectivity index (χ1n) is 5.88. The van der Waals surface area contributed by atoms with Crippen molar-refractivity contribution in [2.24, 2.45) is 5.92 Å². The van der Waals surface area contributed by atoms with Crippen LogP contribution in [-0.4, -0.2) is 17.2 Å². The molecule has 0 aromatic heterocycles. The Bertz CT molecular complexity index is 351. The van der Waals surface area contributed by atoms with Crippen LogP contribution in [0.4, 0.5) is 0 Å². The van der Waals surface area contributed by atoms with Gasteiger partial charge >= 0.3 is 0 Å². The molecule has 0 amide bonds. The largest absolute Gasteiger partial charge is 0.632 e. The van der Waals surface area contributed by atoms with Gasteiger partial charge in [0.1, 0.15) is 6.54 Å². The molecule has 2 aliphatic rings. The molecule has 1 saturated heterocycles. The minimum atomic E-state index is 0.0503. The van der Waals surface area contributed by atoms with E-state index in [9.17, 15) is 5.21 Å². The number of rotatable bonds is 2. The normalized spacial score (nSPS) is 38.5. The first-order chi connectivity index (χ1) is 7.26. The number of fused-ring (bicyclic) bond motifs is 2. The molecule has 2 nitrogen and oxygen atoms in total. The predicted molar refractivity (Wildman–Crippen MR) is 59.8 cm³/mol. The van der Waals surface area contributed by atoms with Crippen LogP contribution in [0.2, 0.25) is 0 Å². The quantitative estimate of drug-likeness (QED) is 0.535. The summed E-state index contributed by atoms with van der Waals surface area (Å²) in [5, 5.41) is 12.6. The second kappa shape index (κ2) is 3.32. The summed E-state index contributed by atoms with van der Waals surface area (Å²) in [6.07, 6.45) is 3.62. The highest BCUT2D eigenvalue weighted by molar-refractivity contribution is 5.13. The van der Waals surface area contributed by atoms with Crippen LogP contribution in [0.1, 0.15) is 24.8 Å². The van der Waals surface area contributed by atoms with Gasteiger partial charge in [-0.3, -0.25) is 0 Å². The smallest absolute Gasteiger partial charge is 0.104 e. The first-order valence-corrected chi connectivity index (χ1v) is 5.88. The lowest BCUT2D eigenvalue weighted by atomic mass is 10.1. The van der Waals surface area contributed by atoms with Gasteiger partial charge in [-0.1, -0.05) is 30.3 Å². The molecule has 1 heterocycles. The SMILES string of the molecule is [O-][N@@+]1(Cc2ccccc2)C[C@H]2CC[C@@H]1C2. The van der Waals surface area contributed by atoms with E-state index >= 15 is 0 Å². The van der Waals surface area contributed by atoms with E-state index in [1.807, 2.05) is 18.2 Å². The number of hydrogen-bond acceptors (Lipinski definition) is 1. The van der Waals surface area contributed by atoms with Crippen LogP contribution >= 0.6 is 0 Å². The number of likely N-dealkylation sites (tertiary alicyclic amines) is 1. The highest BCUT2D eigenvalue weighted by Crippen LogP contribution is 2.43. The molecular formula is C13H17NO. The number of hydrogen-bond donors (Lipinski definition) is 0. The molecule has 1 aliphatic carbocycles. The molecule has 2 heteroatoms. The number of nitrogens with zero attached hydrogens (tertiary/aromatic N) is 1. The van der Waals surface area contributed by atoms with Gasteiger partial charge in [0.25, 0.3) is 0 Å². The zero-order chi connectivity index (χ0) is 10.3. The minimum Gasteiger partial charge on any atom is -0.632 e. The van der Waals surface area contributed by atoms with Crippen molar-refractivity contribution in [1.29, 1.82) is 0 Å². The molecule has 1 aromatic carbocycles. The van der Waals surface area contributed by atoms with E-state index in [2.05, 4.69) is 12.1 Å². The maximum Gasteiger partial charge on any atom is 0.104 e. The fraction of sp³-hybridized carbons (Fsp3) is 0.538. The lowest BCUT2D eigenvalue weighted by Crippen LogP contribution is -2.47. The summed E-state index contributed by atoms with van der Waals surface area (Å²) < 4.78 is 0.0503. The van der Waals surface area contributed by atoms with Gasteiger partial charge in [-0.2, -0.15) is 0 Å². The Kier molecular flexibility index (Phi) is 2.08. The van der Waals surface area contributed by atoms with Crippen LogP contribution < -0.4 is 0 Å². The molecule has 1 aliphatic heterocycles. The van der Waals surface area contributed by atoms with Gasteiger partial charge in [0.15, 0.2) is 0 Å². The third-order valence-electron chi connectivity index (χ3n) is 4.04. The van der Waals surface area contributed by atoms with Gasteiger partial charge in [-0.15, -0.1) is 0 Å². The Morgan fingerprint density at radius 2 is 2.00 bits per heavy atom. The van der Waals surface area contributed by atoms with Crippen molar-refractivity contribution in [2.45, 2.75) is 31.8 Å². The van der Waals surface area contributed by atoms with Crippen LogP contribution in [0.5, 0.6) is 0 Å². The van der Waals surface area contributed by atoms with Crippen molar-refractivity contribution < 1.29 is 4.65 Å². The van der Waals surface area contributed by atoms with Crippen LogP contribution in [0, 0.1) is 11.1 Å². The summed E-state index contributed by atoms with van der Waals surface area (Å²) in [5.74, 6) is 0.719. The van der Waals surface area contributed by atoms with Crippen molar-refractivity contribution in [3.05, 3.63) is 41.1 Å². The summed E-state index contributed by atoms with van der Waals surface area (Å²) in [6.45, 7) is 1.54. The van der Waals surface area contributed by atoms with Crippen molar-refractivity contribution in [3.8, 4) is 0 Å². The Morgan fingerprint density at radius 3 is 2.60 bits per heavy atom. The number of hydroxylamine groups is 3. The van der Waals surface area contributed by atoms with Crippen molar-refractivity contribution in [1.82, 2.24) is 0 Å². The van der Waals surface area contributed by atoms with Gasteiger partial charge < -0.3 is 9.85 Å². The molecule has 2 fully saturated rings. The molecule has 3 rings (SSSR count). The van der Waals surface area contributed by atoms with Crippen LogP contribution in [0.3, 0.4) is 0 Å². The number of quaternary nitrogens is 1. The molecule has 3 atom stereocenters. The van der Waals surface area contributed by atoms with E-state index in [1.165, 1.54) is 18.4 Å². The molecule has 1 aromatic rings. The Hall–Kier alpha value is -0.860. The van der Waals surface area contributed by atoms with Crippen molar-refractivity contribution in [3.63, 3.8) is 0 Å². The maximum atomic E-state index is 12.6. The monoisotopic (exact) mass is 203 g/mol. The minimum absolute atomic E-state index is 0.0503. The van der Waals surface area contributed by atoms with Crippen LogP contribution in [-0.2, 0) is 6.54 Å². The van der Waals surface area contributed by atoms with Gasteiger partial charge in [0.05, 0.1) is 12.6 Å². The highest BCUT2D eigenvalue weighted by atomic mass is 16.5. The van der Waals surface area contributed by atoms with Gasteiger partial charge in [-0.05, 0) is 6.42 Å². The molecular weight excluding hydrogens is 186 g/mol. The van der Waals surface area contributed by atoms with Crippen molar-refractivity contribution in [2.75, 3.05) is 6.54 Å². The molecule has 0 radical (unpaired) electrons. The topological polar surface area (TPSA) is 23.1 Å². The fourth-order valence-electron chi connectivity index (χ4n) is 3.31. The summed E-state index contributed by atoms with van der Waals surface area (Å²) in [6, 6.07) is 10.6. The maximum absolute atomic E-state index is 12.6. The third-order valence-corrected chi connectivity index (χ3v) is 4.04. The van der Waals surface area contributed by atoms with Gasteiger partial charge in [-0.25, -0.2) is 0 Å². The Labute approximate surface area is 90.7 Å². The first kappa shape index (κ1) is 9.37. The highest BCUT2D eigenvalue weighted by Gasteiger charge is 2.45. The molecule has 2 bridgehead atoms. The third kappa shape index (κ3) is 1.58. The Balaban J connectivity index is 1.78. The van der Waals surface area contributed by atoms with E-state index in [-0.39, 0.29) is 4.65 Å². The summed E-state index contributed by atoms with van der Waals surface area (Å²) in [5.41, 5.74) is 1.19. The van der Waals surface area contributed by atoms with E-state index in [1.54, 1.807) is 0 Å². The van der Waals surface area contributed by atoms with E-state index in [0.29, 0.717) is 12.6 Å². The summed E-state index contributed by atoms with van der Waals surface area (Å²) in [7, 11) is 0. The standard InChI is InChI=1S/C13H17NO/c15-14(9-11-4-2-1-3-5-11)10-12-6-7-13(14)8-12/h1-5,12-13H,6-10H2/t12-,13+,14-/m0/s1. The summed E-state index contributed by atoms with van der Waals surface area (Å²) >= 11 is 0. The Morgan fingerprint density at radius 1 is 1.20 bits per heavy atom. The molecule has 1 saturated carbocycles. The van der Waals surface area contributed by atoms with Crippen LogP contribution in [0.25, 0.3) is 0 Å². The predicted octanol–water partition coefficient (Wildman–Crippen LogP) is 2.68. The fourth-order valence-corrected chi connectivity index (χ4v) is 3.31. The second-order valence-corrected chi connectivity index (χ2v) is 5.11. The molecule has 15 heavy (non-hydrogen) atoms. The second-order valence-electron chi connectivity index (χ2n) is 5.11. The van der Waals surface area contributed by atoms with Crippen LogP contribution in [0.15, 0.2) is 30.3 Å². The van der Waals surface area contributed by atoms with Gasteiger partial charge in [0, 0.05) is 24.3 Å². The zero-order valence-corrected chi connectivity index (χ0v) is 8.93. The number of benzene rings is 1. The zero-order valence-electron chi connectivity index (χ0n) is 8.93. The number of piperidine rings is 1. The van der Waals surface area contributed by atoms with Crippen molar-refractivity contribution >= 4 is 0 Å². The average molecular weight is 203 g/mol. The van der Waals surface area contributed by atoms with E-state index in [0.717, 1.165) is 18.9 Å². The lowest BCUT2D eigenvalue weighted by molar-refractivity contribution is -0.910.